The SMILES string of the molecule is O=P([O-])([O-])[O-].O=P([O-])([O-])[O-].O=[N+]([O-])[O-].O=[N+]([O-])[O-].O=[N+]([O-])[O-].O=[N+]([O-])[O-].[Ca+2].[Ca+2].[Ca+2].[Ca+2].[Ca+2]. The topological polar surface area (TPSA) is 437 Å². The van der Waals surface area contributed by atoms with E-state index in [1.54, 1.807) is 0 Å². The van der Waals surface area contributed by atoms with Gasteiger partial charge in [0.1, 0.15) is 0 Å². The van der Waals surface area contributed by atoms with Gasteiger partial charge in [0.05, 0.1) is 20.3 Å². The summed E-state index contributed by atoms with van der Waals surface area (Å²) in [5.41, 5.74) is 0. The number of hydrogen-bond donors (Lipinski definition) is 0. The van der Waals surface area contributed by atoms with Crippen molar-refractivity contribution >= 4 is 204 Å². The Labute approximate surface area is 317 Å². The van der Waals surface area contributed by atoms with Crippen LogP contribution in [0.5, 0.6) is 0 Å². The Hall–Kier alpha value is 3.32. The smallest absolute Gasteiger partial charge is 0.822 e. The molecule has 0 atom stereocenters. The van der Waals surface area contributed by atoms with Crippen molar-refractivity contribution in [3.8, 4) is 0 Å². The molecule has 31 heteroatoms. The van der Waals surface area contributed by atoms with Crippen LogP contribution in [0.15, 0.2) is 0 Å². The molecule has 0 saturated heterocycles. The van der Waals surface area contributed by atoms with E-state index in [2.05, 4.69) is 0 Å². The van der Waals surface area contributed by atoms with Crippen LogP contribution in [0.3, 0.4) is 0 Å². The maximum absolute atomic E-state index is 8.55. The number of phosphoric acid groups is 2. The molecule has 24 nitrogen and oxygen atoms in total. The Kier molecular flexibility index (Phi) is 105. The van der Waals surface area contributed by atoms with Gasteiger partial charge in [-0.15, -0.1) is 0 Å². The second kappa shape index (κ2) is 46.6. The molecule has 0 amide bonds. The third-order valence-corrected chi connectivity index (χ3v) is 0. The van der Waals surface area contributed by atoms with Gasteiger partial charge >= 0.3 is 189 Å². The molecule has 0 aromatic carbocycles. The van der Waals surface area contributed by atoms with E-state index in [0.717, 1.165) is 0 Å². The van der Waals surface area contributed by atoms with Gasteiger partial charge in [-0.1, -0.05) is 0 Å². The van der Waals surface area contributed by atoms with E-state index in [0.29, 0.717) is 0 Å². The quantitative estimate of drug-likeness (QED) is 0.103. The monoisotopic (exact) mass is 638 g/mol. The Morgan fingerprint density at radius 2 is 0.355 bits per heavy atom. The van der Waals surface area contributed by atoms with Gasteiger partial charge in [0.2, 0.25) is 0 Å². The van der Waals surface area contributed by atoms with Crippen LogP contribution in [0, 0.1) is 61.3 Å². The summed E-state index contributed by atoms with van der Waals surface area (Å²) in [6.45, 7) is 0. The van der Waals surface area contributed by atoms with Crippen molar-refractivity contribution < 1.29 is 58.8 Å². The second-order valence-electron chi connectivity index (χ2n) is 1.79. The fourth-order valence-corrected chi connectivity index (χ4v) is 0. The van der Waals surface area contributed by atoms with Crippen LogP contribution in [-0.2, 0) is 9.13 Å². The fourth-order valence-electron chi connectivity index (χ4n) is 0. The zero-order valence-electron chi connectivity index (χ0n) is 14.4. The maximum Gasteiger partial charge on any atom is 2.00 e. The van der Waals surface area contributed by atoms with Gasteiger partial charge in [-0.05, 0) is 0 Å². The molecular formula is Ca5N4O20P2. The van der Waals surface area contributed by atoms with Gasteiger partial charge in [0.15, 0.2) is 0 Å². The number of rotatable bonds is 0. The minimum Gasteiger partial charge on any atom is -0.822 e. The zero-order chi connectivity index (χ0) is 23.3. The van der Waals surface area contributed by atoms with Crippen molar-refractivity contribution in [1.82, 2.24) is 0 Å². The first-order valence-corrected chi connectivity index (χ1v) is 6.57. The minimum absolute atomic E-state index is 0. The molecule has 0 saturated carbocycles. The van der Waals surface area contributed by atoms with Gasteiger partial charge in [-0.25, -0.2) is 0 Å². The van der Waals surface area contributed by atoms with Crippen molar-refractivity contribution in [2.45, 2.75) is 0 Å². The predicted octanol–water partition coefficient (Wildman–Crippen LogP) is -8.51. The molecule has 0 radical (unpaired) electrons. The normalized spacial score (nSPS) is 6.90. The van der Waals surface area contributed by atoms with E-state index >= 15 is 0 Å². The van der Waals surface area contributed by atoms with Crippen molar-refractivity contribution in [3.05, 3.63) is 61.3 Å². The Balaban J connectivity index is -0.0000000167. The van der Waals surface area contributed by atoms with E-state index in [1.165, 1.54) is 0 Å². The van der Waals surface area contributed by atoms with Crippen molar-refractivity contribution in [1.29, 1.82) is 0 Å². The van der Waals surface area contributed by atoms with Crippen LogP contribution < -0.4 is 29.4 Å². The van der Waals surface area contributed by atoms with Crippen LogP contribution in [0.1, 0.15) is 0 Å². The molecule has 0 fully saturated rings. The average molecular weight is 638 g/mol. The molecule has 0 aliphatic carbocycles. The van der Waals surface area contributed by atoms with Crippen LogP contribution >= 0.6 is 15.6 Å². The Bertz CT molecular complexity index is 385. The molecule has 0 spiro atoms. The van der Waals surface area contributed by atoms with Gasteiger partial charge in [0, 0.05) is 0 Å². The van der Waals surface area contributed by atoms with Crippen LogP contribution in [0.25, 0.3) is 0 Å². The Morgan fingerprint density at radius 1 is 0.355 bits per heavy atom. The van der Waals surface area contributed by atoms with E-state index in [4.69, 9.17) is 99.8 Å². The van der Waals surface area contributed by atoms with Gasteiger partial charge in [-0.2, -0.15) is 15.6 Å². The fraction of sp³-hybridized carbons (Fsp3) is 0. The molecule has 0 heterocycles. The summed E-state index contributed by atoms with van der Waals surface area (Å²) in [6.07, 6.45) is 0. The summed E-state index contributed by atoms with van der Waals surface area (Å²) in [6, 6.07) is 0. The third-order valence-electron chi connectivity index (χ3n) is 0. The summed E-state index contributed by atoms with van der Waals surface area (Å²) >= 11 is 0. The first-order valence-electron chi connectivity index (χ1n) is 3.65. The molecule has 0 aromatic heterocycles. The summed E-state index contributed by atoms with van der Waals surface area (Å²) < 4.78 is 17.1. The van der Waals surface area contributed by atoms with Crippen LogP contribution in [0.4, 0.5) is 0 Å². The number of nitrogens with zero attached hydrogens (tertiary/aromatic N) is 4. The molecule has 0 unspecified atom stereocenters. The van der Waals surface area contributed by atoms with Crippen molar-refractivity contribution in [2.24, 2.45) is 0 Å². The van der Waals surface area contributed by atoms with E-state index in [1.807, 2.05) is 0 Å². The van der Waals surface area contributed by atoms with E-state index < -0.39 is 36.0 Å². The second-order valence-corrected chi connectivity index (χ2v) is 3.58. The zero-order valence-corrected chi connectivity index (χ0v) is 27.2. The number of hydrogen-bond acceptors (Lipinski definition) is 20. The summed E-state index contributed by atoms with van der Waals surface area (Å²) in [5.74, 6) is 0. The van der Waals surface area contributed by atoms with Gasteiger partial charge < -0.3 is 99.8 Å². The van der Waals surface area contributed by atoms with E-state index in [9.17, 15) is 0 Å². The van der Waals surface area contributed by atoms with Crippen molar-refractivity contribution in [3.63, 3.8) is 0 Å². The molecule has 0 aliphatic heterocycles. The molecule has 0 aliphatic rings. The first-order chi connectivity index (χ1) is 10.9. The maximum atomic E-state index is 8.55. The molecule has 0 bridgehead atoms. The first kappa shape index (κ1) is 70.1. The average Bonchev–Trinajstić information content (AvgIpc) is 2.03. The standard InChI is InChI=1S/5Ca.4NO3.2H3O4P/c;;;;;4*2-1(3)4;2*1-5(2,3)4/h;;;;;;;;;2*(H3,1,2,3,4)/q5*+2;4*-1;;/p-6. The molecule has 160 valence electrons. The predicted molar refractivity (Wildman–Crippen MR) is 85.4 cm³/mol. The molecule has 0 aromatic rings. The van der Waals surface area contributed by atoms with Crippen LogP contribution in [-0.4, -0.2) is 209 Å². The third kappa shape index (κ3) is 2970. The molecule has 31 heavy (non-hydrogen) atoms. The summed E-state index contributed by atoms with van der Waals surface area (Å²) in [7, 11) is -10.8. The van der Waals surface area contributed by atoms with Gasteiger partial charge in [0.25, 0.3) is 0 Å². The van der Waals surface area contributed by atoms with Crippen molar-refractivity contribution in [2.75, 3.05) is 0 Å². The summed E-state index contributed by atoms with van der Waals surface area (Å²) in [4.78, 5) is 84.3. The molecular weight excluding hydrogens is 638 g/mol. The largest absolute Gasteiger partial charge is 2.00 e. The minimum atomic E-state index is -5.39. The van der Waals surface area contributed by atoms with Crippen LogP contribution in [0.2, 0.25) is 0 Å². The molecule has 0 N–H and O–H groups in total. The van der Waals surface area contributed by atoms with E-state index in [-0.39, 0.29) is 189 Å². The van der Waals surface area contributed by atoms with Gasteiger partial charge in [-0.3, -0.25) is 0 Å². The summed E-state index contributed by atoms with van der Waals surface area (Å²) in [5, 5.41) is 59.0. The Morgan fingerprint density at radius 3 is 0.355 bits per heavy atom. The molecule has 0 rings (SSSR count).